The van der Waals surface area contributed by atoms with Gasteiger partial charge in [0.1, 0.15) is 11.4 Å². The second-order valence-corrected chi connectivity index (χ2v) is 9.11. The van der Waals surface area contributed by atoms with E-state index in [0.717, 1.165) is 18.3 Å². The first-order valence-corrected chi connectivity index (χ1v) is 11.4. The summed E-state index contributed by atoms with van der Waals surface area (Å²) in [7, 11) is 1.75. The van der Waals surface area contributed by atoms with Crippen LogP contribution < -0.4 is 5.32 Å². The van der Waals surface area contributed by atoms with E-state index in [-0.39, 0.29) is 28.0 Å². The van der Waals surface area contributed by atoms with Gasteiger partial charge in [0, 0.05) is 48.4 Å². The van der Waals surface area contributed by atoms with Crippen molar-refractivity contribution in [3.8, 4) is 11.3 Å². The highest BCUT2D eigenvalue weighted by molar-refractivity contribution is 6.00. The van der Waals surface area contributed by atoms with Crippen molar-refractivity contribution in [1.82, 2.24) is 30.4 Å². The number of carbonyl (C=O) groups is 1. The van der Waals surface area contributed by atoms with Crippen LogP contribution >= 0.6 is 0 Å². The van der Waals surface area contributed by atoms with Gasteiger partial charge in [-0.05, 0) is 36.9 Å². The van der Waals surface area contributed by atoms with Crippen molar-refractivity contribution >= 4 is 16.9 Å². The SMILES string of the molecule is CN1C[C@@H](NC(=O)c2cnc3[nH]nc(-c4ccnc(C(F)(F)F)c4)c3c2)[C@H](c2ccccc2C(F)(F)F)C1. The number of carbonyl (C=O) groups excluding carboxylic acids is 1. The lowest BCUT2D eigenvalue weighted by Gasteiger charge is -2.23. The summed E-state index contributed by atoms with van der Waals surface area (Å²) in [5.74, 6) is -1.19. The number of pyridine rings is 2. The molecule has 198 valence electrons. The summed E-state index contributed by atoms with van der Waals surface area (Å²) in [6.45, 7) is 0.636. The quantitative estimate of drug-likeness (QED) is 0.365. The molecule has 3 aromatic heterocycles. The number of benzene rings is 1. The van der Waals surface area contributed by atoms with Crippen LogP contribution in [0.25, 0.3) is 22.3 Å². The maximum absolute atomic E-state index is 13.7. The summed E-state index contributed by atoms with van der Waals surface area (Å²) in [5, 5.41) is 9.82. The monoisotopic (exact) mass is 534 g/mol. The minimum Gasteiger partial charge on any atom is -0.347 e. The highest BCUT2D eigenvalue weighted by Crippen LogP contribution is 2.38. The minimum atomic E-state index is -4.65. The zero-order chi connectivity index (χ0) is 27.2. The molecule has 4 aromatic rings. The molecule has 2 N–H and O–H groups in total. The van der Waals surface area contributed by atoms with Crippen LogP contribution in [0.4, 0.5) is 26.3 Å². The Kier molecular flexibility index (Phi) is 6.33. The second kappa shape index (κ2) is 9.39. The van der Waals surface area contributed by atoms with Gasteiger partial charge in [-0.1, -0.05) is 18.2 Å². The van der Waals surface area contributed by atoms with Crippen LogP contribution in [0.5, 0.6) is 0 Å². The van der Waals surface area contributed by atoms with Crippen LogP contribution in [-0.2, 0) is 12.4 Å². The Hall–Kier alpha value is -4.00. The number of nitrogens with one attached hydrogen (secondary N) is 2. The van der Waals surface area contributed by atoms with E-state index in [9.17, 15) is 31.1 Å². The summed E-state index contributed by atoms with van der Waals surface area (Å²) in [4.78, 5) is 22.5. The van der Waals surface area contributed by atoms with Gasteiger partial charge in [-0.15, -0.1) is 0 Å². The molecule has 0 radical (unpaired) electrons. The standard InChI is InChI=1S/C25H20F6N6O/c1-37-11-17(15-4-2-3-5-18(15)24(26,27)28)19(12-37)34-23(38)14-8-16-21(35-36-22(16)33-10-14)13-6-7-32-20(9-13)25(29,30)31/h2-10,17,19H,11-12H2,1H3,(H,34,38)(H,33,35,36)/t17-,19+/m0/s1. The molecule has 7 nitrogen and oxygen atoms in total. The van der Waals surface area contributed by atoms with Gasteiger partial charge in [0.25, 0.3) is 5.91 Å². The fourth-order valence-corrected chi connectivity index (χ4v) is 4.77. The Morgan fingerprint density at radius 1 is 1.03 bits per heavy atom. The lowest BCUT2D eigenvalue weighted by molar-refractivity contribution is -0.141. The highest BCUT2D eigenvalue weighted by atomic mass is 19.4. The number of fused-ring (bicyclic) bond motifs is 1. The van der Waals surface area contributed by atoms with Gasteiger partial charge in [0.15, 0.2) is 5.65 Å². The van der Waals surface area contributed by atoms with Gasteiger partial charge < -0.3 is 10.2 Å². The Labute approximate surface area is 211 Å². The molecule has 0 saturated carbocycles. The van der Waals surface area contributed by atoms with Gasteiger partial charge in [-0.2, -0.15) is 31.4 Å². The van der Waals surface area contributed by atoms with E-state index in [2.05, 4.69) is 25.5 Å². The predicted octanol–water partition coefficient (Wildman–Crippen LogP) is 4.89. The number of amides is 1. The lowest BCUT2D eigenvalue weighted by atomic mass is 9.90. The molecule has 1 amide bonds. The van der Waals surface area contributed by atoms with Crippen LogP contribution in [0.15, 0.2) is 54.9 Å². The van der Waals surface area contributed by atoms with Crippen molar-refractivity contribution in [1.29, 1.82) is 0 Å². The average Bonchev–Trinajstić information content (AvgIpc) is 3.45. The third-order valence-corrected chi connectivity index (χ3v) is 6.49. The molecule has 1 aliphatic rings. The van der Waals surface area contributed by atoms with Crippen molar-refractivity contribution in [2.45, 2.75) is 24.3 Å². The van der Waals surface area contributed by atoms with Crippen LogP contribution in [0.3, 0.4) is 0 Å². The smallest absolute Gasteiger partial charge is 0.347 e. The first-order valence-electron chi connectivity index (χ1n) is 11.4. The van der Waals surface area contributed by atoms with Crippen molar-refractivity contribution in [2.24, 2.45) is 0 Å². The fourth-order valence-electron chi connectivity index (χ4n) is 4.77. The predicted molar refractivity (Wildman–Crippen MR) is 125 cm³/mol. The number of aromatic amines is 1. The summed E-state index contributed by atoms with van der Waals surface area (Å²) < 4.78 is 80.4. The third-order valence-electron chi connectivity index (χ3n) is 6.49. The largest absolute Gasteiger partial charge is 0.433 e. The van der Waals surface area contributed by atoms with E-state index in [0.29, 0.717) is 18.5 Å². The van der Waals surface area contributed by atoms with E-state index in [1.165, 1.54) is 36.5 Å². The number of aromatic nitrogens is 4. The first kappa shape index (κ1) is 25.6. The van der Waals surface area contributed by atoms with E-state index >= 15 is 0 Å². The molecule has 4 heterocycles. The number of likely N-dealkylation sites (N-methyl/N-ethyl adjacent to an activating group) is 1. The van der Waals surface area contributed by atoms with E-state index in [1.807, 2.05) is 4.90 Å². The molecule has 0 bridgehead atoms. The van der Waals surface area contributed by atoms with Gasteiger partial charge in [-0.25, -0.2) is 4.98 Å². The number of H-pyrrole nitrogens is 1. The molecule has 38 heavy (non-hydrogen) atoms. The molecule has 0 spiro atoms. The molecule has 1 fully saturated rings. The number of halogens is 6. The van der Waals surface area contributed by atoms with E-state index in [4.69, 9.17) is 0 Å². The van der Waals surface area contributed by atoms with Crippen LogP contribution in [0.2, 0.25) is 0 Å². The van der Waals surface area contributed by atoms with Crippen molar-refractivity contribution in [3.63, 3.8) is 0 Å². The molecule has 13 heteroatoms. The Morgan fingerprint density at radius 3 is 2.53 bits per heavy atom. The van der Waals surface area contributed by atoms with Crippen LogP contribution in [-0.4, -0.2) is 57.2 Å². The topological polar surface area (TPSA) is 86.8 Å². The second-order valence-electron chi connectivity index (χ2n) is 9.11. The molecular formula is C25H20F6N6O. The van der Waals surface area contributed by atoms with Crippen molar-refractivity contribution < 1.29 is 31.1 Å². The number of rotatable bonds is 4. The summed E-state index contributed by atoms with van der Waals surface area (Å²) in [6.07, 6.45) is -6.91. The molecule has 1 aliphatic heterocycles. The number of alkyl halides is 6. The number of hydrogen-bond donors (Lipinski definition) is 2. The van der Waals surface area contributed by atoms with E-state index in [1.54, 1.807) is 7.05 Å². The van der Waals surface area contributed by atoms with Gasteiger partial charge in [0.2, 0.25) is 0 Å². The van der Waals surface area contributed by atoms with E-state index < -0.39 is 41.5 Å². The summed E-state index contributed by atoms with van der Waals surface area (Å²) in [5.41, 5.74) is -1.14. The van der Waals surface area contributed by atoms with Crippen LogP contribution in [0, 0.1) is 0 Å². The highest BCUT2D eigenvalue weighted by Gasteiger charge is 2.40. The molecule has 0 aliphatic carbocycles. The van der Waals surface area contributed by atoms with Gasteiger partial charge in [0.05, 0.1) is 11.1 Å². The molecule has 0 unspecified atom stereocenters. The summed E-state index contributed by atoms with van der Waals surface area (Å²) in [6, 6.07) is 8.31. The zero-order valence-corrected chi connectivity index (χ0v) is 19.7. The Bertz CT molecular complexity index is 1500. The average molecular weight is 534 g/mol. The van der Waals surface area contributed by atoms with Gasteiger partial charge in [-0.3, -0.25) is 14.9 Å². The number of nitrogens with zero attached hydrogens (tertiary/aromatic N) is 4. The first-order chi connectivity index (χ1) is 17.9. The third kappa shape index (κ3) is 4.93. The number of hydrogen-bond acceptors (Lipinski definition) is 5. The molecular weight excluding hydrogens is 514 g/mol. The molecule has 1 aromatic carbocycles. The normalized spacial score (nSPS) is 18.7. The van der Waals surface area contributed by atoms with Crippen molar-refractivity contribution in [3.05, 3.63) is 77.2 Å². The van der Waals surface area contributed by atoms with Crippen LogP contribution in [0.1, 0.15) is 33.1 Å². The Morgan fingerprint density at radius 2 is 1.79 bits per heavy atom. The Balaban J connectivity index is 1.44. The fraction of sp³-hybridized carbons (Fsp3) is 0.280. The lowest BCUT2D eigenvalue weighted by Crippen LogP contribution is -2.40. The zero-order valence-electron chi connectivity index (χ0n) is 19.7. The summed E-state index contributed by atoms with van der Waals surface area (Å²) >= 11 is 0. The molecule has 2 atom stereocenters. The molecule has 5 rings (SSSR count). The maximum atomic E-state index is 13.7. The molecule has 1 saturated heterocycles. The number of likely N-dealkylation sites (tertiary alicyclic amines) is 1. The van der Waals surface area contributed by atoms with Crippen molar-refractivity contribution in [2.75, 3.05) is 20.1 Å². The van der Waals surface area contributed by atoms with Gasteiger partial charge >= 0.3 is 12.4 Å². The maximum Gasteiger partial charge on any atom is 0.433 e. The minimum absolute atomic E-state index is 0.0858.